The topological polar surface area (TPSA) is 81.7 Å². The van der Waals surface area contributed by atoms with Gasteiger partial charge in [-0.05, 0) is 48.4 Å². The predicted octanol–water partition coefficient (Wildman–Crippen LogP) is 5.24. The van der Waals surface area contributed by atoms with E-state index in [-0.39, 0.29) is 28.0 Å². The summed E-state index contributed by atoms with van der Waals surface area (Å²) in [4.78, 5) is 13.7. The van der Waals surface area contributed by atoms with E-state index in [0.717, 1.165) is 29.0 Å². The number of ether oxygens (including phenoxy) is 2. The molecule has 0 bridgehead atoms. The highest BCUT2D eigenvalue weighted by Crippen LogP contribution is 2.46. The molecule has 1 aliphatic rings. The monoisotopic (exact) mass is 471 g/mol. The smallest absolute Gasteiger partial charge is 0.225 e. The summed E-state index contributed by atoms with van der Waals surface area (Å²) in [6, 6.07) is 13.9. The van der Waals surface area contributed by atoms with E-state index in [4.69, 9.17) is 9.47 Å². The van der Waals surface area contributed by atoms with Crippen molar-refractivity contribution in [2.45, 2.75) is 41.9 Å². The number of sulfone groups is 1. The standard InChI is InChI=1S/C24H25NO5S2/c1-3-4-12-30-18-7-5-6-16(13-18)20-14-22(26)25-23-21(15-31-24(20)23)32(27,28)19-10-8-17(29-2)9-11-19/h5-11,13,15,20H,3-4,12,14H2,1-2H3,(H,25,26)/t20-/m1/s1. The lowest BCUT2D eigenvalue weighted by Crippen LogP contribution is -2.23. The summed E-state index contributed by atoms with van der Waals surface area (Å²) in [7, 11) is -2.27. The lowest BCUT2D eigenvalue weighted by Gasteiger charge is -2.24. The Labute approximate surface area is 192 Å². The van der Waals surface area contributed by atoms with Gasteiger partial charge in [0.25, 0.3) is 0 Å². The number of carbonyl (C=O) groups is 1. The molecule has 0 spiro atoms. The van der Waals surface area contributed by atoms with E-state index in [9.17, 15) is 13.2 Å². The number of amides is 1. The summed E-state index contributed by atoms with van der Waals surface area (Å²) in [5, 5.41) is 4.42. The first-order valence-corrected chi connectivity index (χ1v) is 12.8. The van der Waals surface area contributed by atoms with Crippen LogP contribution in [-0.4, -0.2) is 28.0 Å². The molecule has 0 unspecified atom stereocenters. The summed E-state index contributed by atoms with van der Waals surface area (Å²) in [5.74, 6) is 0.902. The molecule has 32 heavy (non-hydrogen) atoms. The molecule has 1 aliphatic heterocycles. The maximum atomic E-state index is 13.3. The number of carbonyl (C=O) groups excluding carboxylic acids is 1. The summed E-state index contributed by atoms with van der Waals surface area (Å²) in [6.45, 7) is 2.75. The van der Waals surface area contributed by atoms with Crippen LogP contribution < -0.4 is 14.8 Å². The average Bonchev–Trinajstić information content (AvgIpc) is 3.23. The third kappa shape index (κ3) is 4.38. The Morgan fingerprint density at radius 2 is 1.91 bits per heavy atom. The van der Waals surface area contributed by atoms with Gasteiger partial charge in [0.2, 0.25) is 15.7 Å². The number of thiophene rings is 1. The predicted molar refractivity (Wildman–Crippen MR) is 125 cm³/mol. The Balaban J connectivity index is 1.69. The molecule has 1 N–H and O–H groups in total. The first-order chi connectivity index (χ1) is 15.4. The molecule has 1 aromatic heterocycles. The lowest BCUT2D eigenvalue weighted by molar-refractivity contribution is -0.116. The third-order valence-corrected chi connectivity index (χ3v) is 8.48. The minimum atomic E-state index is -3.80. The fourth-order valence-corrected chi connectivity index (χ4v) is 6.62. The zero-order chi connectivity index (χ0) is 22.7. The summed E-state index contributed by atoms with van der Waals surface area (Å²) in [5.41, 5.74) is 1.31. The molecule has 0 radical (unpaired) electrons. The van der Waals surface area contributed by atoms with E-state index in [1.165, 1.54) is 30.6 Å². The SMILES string of the molecule is CCCCOc1cccc([C@H]2CC(=O)Nc3c(S(=O)(=O)c4ccc(OC)cc4)csc32)c1. The quantitative estimate of drug-likeness (QED) is 0.454. The molecule has 0 saturated heterocycles. The first-order valence-electron chi connectivity index (χ1n) is 10.5. The Bertz CT molecular complexity index is 1220. The molecule has 3 aromatic rings. The van der Waals surface area contributed by atoms with E-state index in [1.807, 2.05) is 24.3 Å². The van der Waals surface area contributed by atoms with E-state index < -0.39 is 9.84 Å². The molecule has 168 valence electrons. The Morgan fingerprint density at radius 3 is 2.62 bits per heavy atom. The average molecular weight is 472 g/mol. The van der Waals surface area contributed by atoms with E-state index >= 15 is 0 Å². The van der Waals surface area contributed by atoms with Gasteiger partial charge in [-0.25, -0.2) is 8.42 Å². The molecule has 0 saturated carbocycles. The van der Waals surface area contributed by atoms with Crippen molar-refractivity contribution >= 4 is 32.8 Å². The first kappa shape index (κ1) is 22.4. The van der Waals surface area contributed by atoms with Gasteiger partial charge >= 0.3 is 0 Å². The molecule has 0 fully saturated rings. The Hall–Kier alpha value is -2.84. The molecule has 2 aromatic carbocycles. The second-order valence-electron chi connectivity index (χ2n) is 7.60. The number of rotatable bonds is 8. The van der Waals surface area contributed by atoms with Crippen LogP contribution >= 0.6 is 11.3 Å². The molecule has 4 rings (SSSR count). The van der Waals surface area contributed by atoms with E-state index in [1.54, 1.807) is 17.5 Å². The molecule has 2 heterocycles. The zero-order valence-corrected chi connectivity index (χ0v) is 19.6. The van der Waals surface area contributed by atoms with Crippen LogP contribution in [-0.2, 0) is 14.6 Å². The van der Waals surface area contributed by atoms with Crippen molar-refractivity contribution in [1.82, 2.24) is 0 Å². The fourth-order valence-electron chi connectivity index (χ4n) is 3.71. The molecule has 8 heteroatoms. The second-order valence-corrected chi connectivity index (χ2v) is 10.4. The number of hydrogen-bond acceptors (Lipinski definition) is 6. The number of benzene rings is 2. The van der Waals surface area contributed by atoms with Crippen molar-refractivity contribution in [1.29, 1.82) is 0 Å². The highest BCUT2D eigenvalue weighted by Gasteiger charge is 2.34. The lowest BCUT2D eigenvalue weighted by atomic mass is 9.90. The summed E-state index contributed by atoms with van der Waals surface area (Å²) < 4.78 is 37.6. The maximum absolute atomic E-state index is 13.3. The van der Waals surface area contributed by atoms with Crippen LogP contribution in [0.1, 0.15) is 42.5 Å². The van der Waals surface area contributed by atoms with Gasteiger partial charge in [0.15, 0.2) is 0 Å². The van der Waals surface area contributed by atoms with E-state index in [2.05, 4.69) is 12.2 Å². The number of methoxy groups -OCH3 is 1. The molecule has 1 amide bonds. The molecular weight excluding hydrogens is 446 g/mol. The van der Waals surface area contributed by atoms with Crippen LogP contribution in [0.4, 0.5) is 5.69 Å². The van der Waals surface area contributed by atoms with Crippen LogP contribution in [0.2, 0.25) is 0 Å². The van der Waals surface area contributed by atoms with Gasteiger partial charge in [0.1, 0.15) is 16.4 Å². The summed E-state index contributed by atoms with van der Waals surface area (Å²) in [6.07, 6.45) is 2.28. The number of unbranched alkanes of at least 4 members (excludes halogenated alkanes) is 1. The van der Waals surface area contributed by atoms with Crippen molar-refractivity contribution in [3.05, 3.63) is 64.4 Å². The molecular formula is C24H25NO5S2. The number of nitrogens with one attached hydrogen (secondary N) is 1. The van der Waals surface area contributed by atoms with Crippen molar-refractivity contribution in [2.24, 2.45) is 0 Å². The van der Waals surface area contributed by atoms with Crippen LogP contribution in [0.5, 0.6) is 11.5 Å². The Kier molecular flexibility index (Phi) is 6.53. The zero-order valence-electron chi connectivity index (χ0n) is 18.0. The summed E-state index contributed by atoms with van der Waals surface area (Å²) >= 11 is 1.35. The number of fused-ring (bicyclic) bond motifs is 1. The van der Waals surface area contributed by atoms with Gasteiger partial charge in [0, 0.05) is 22.6 Å². The van der Waals surface area contributed by atoms with Gasteiger partial charge in [0.05, 0.1) is 24.3 Å². The molecule has 1 atom stereocenters. The van der Waals surface area contributed by atoms with Gasteiger partial charge < -0.3 is 14.8 Å². The normalized spacial score (nSPS) is 15.7. The number of hydrogen-bond donors (Lipinski definition) is 1. The van der Waals surface area contributed by atoms with Crippen molar-refractivity contribution in [3.8, 4) is 11.5 Å². The Morgan fingerprint density at radius 1 is 1.12 bits per heavy atom. The van der Waals surface area contributed by atoms with Crippen molar-refractivity contribution in [2.75, 3.05) is 19.0 Å². The highest BCUT2D eigenvalue weighted by molar-refractivity contribution is 7.91. The largest absolute Gasteiger partial charge is 0.497 e. The third-order valence-electron chi connectivity index (χ3n) is 5.44. The highest BCUT2D eigenvalue weighted by atomic mass is 32.2. The van der Waals surface area contributed by atoms with Gasteiger partial charge in [-0.15, -0.1) is 11.3 Å². The molecule has 0 aliphatic carbocycles. The van der Waals surface area contributed by atoms with Crippen LogP contribution in [0.25, 0.3) is 0 Å². The van der Waals surface area contributed by atoms with Crippen LogP contribution in [0, 0.1) is 0 Å². The second kappa shape index (κ2) is 9.34. The van der Waals surface area contributed by atoms with E-state index in [0.29, 0.717) is 18.0 Å². The van der Waals surface area contributed by atoms with Gasteiger partial charge in [-0.1, -0.05) is 25.5 Å². The molecule has 6 nitrogen and oxygen atoms in total. The minimum absolute atomic E-state index is 0.121. The van der Waals surface area contributed by atoms with Crippen LogP contribution in [0.15, 0.2) is 63.7 Å². The number of anilines is 1. The minimum Gasteiger partial charge on any atom is -0.497 e. The maximum Gasteiger partial charge on any atom is 0.225 e. The van der Waals surface area contributed by atoms with Crippen LogP contribution in [0.3, 0.4) is 0 Å². The fraction of sp³-hybridized carbons (Fsp3) is 0.292. The van der Waals surface area contributed by atoms with Gasteiger partial charge in [-0.2, -0.15) is 0 Å². The van der Waals surface area contributed by atoms with Crippen molar-refractivity contribution < 1.29 is 22.7 Å². The van der Waals surface area contributed by atoms with Gasteiger partial charge in [-0.3, -0.25) is 4.79 Å². The van der Waals surface area contributed by atoms with Crippen molar-refractivity contribution in [3.63, 3.8) is 0 Å².